The Morgan fingerprint density at radius 1 is 1.14 bits per heavy atom. The molecule has 1 heterocycles. The first-order chi connectivity index (χ1) is 14.0. The Hall–Kier alpha value is -1.63. The molecule has 5 N–H and O–H groups in total. The van der Waals surface area contributed by atoms with Gasteiger partial charge in [0.15, 0.2) is 0 Å². The van der Waals surface area contributed by atoms with Crippen molar-refractivity contribution in [2.75, 3.05) is 6.54 Å². The Bertz CT molecular complexity index is 721. The minimum Gasteiger partial charge on any atom is -0.350 e. The summed E-state index contributed by atoms with van der Waals surface area (Å²) in [6, 6.07) is 4.53. The number of carbonyl (C=O) groups excluding carboxylic acids is 2. The lowest BCUT2D eigenvalue weighted by Crippen LogP contribution is -2.51. The number of nitrogens with zero attached hydrogens (tertiary/aromatic N) is 1. The molecule has 6 nitrogen and oxygen atoms in total. The van der Waals surface area contributed by atoms with Crippen molar-refractivity contribution in [3.05, 3.63) is 34.3 Å². The van der Waals surface area contributed by atoms with Crippen LogP contribution >= 0.6 is 11.6 Å². The molecular weight excluding hydrogens is 388 g/mol. The molecule has 0 radical (unpaired) electrons. The molecule has 1 aromatic carbocycles. The molecule has 2 amide bonds. The second-order valence-corrected chi connectivity index (χ2v) is 8.81. The van der Waals surface area contributed by atoms with Gasteiger partial charge in [0.25, 0.3) is 0 Å². The summed E-state index contributed by atoms with van der Waals surface area (Å²) in [5.41, 5.74) is 13.9. The maximum Gasteiger partial charge on any atom is 0.243 e. The van der Waals surface area contributed by atoms with Crippen LogP contribution in [0.1, 0.15) is 62.5 Å². The third-order valence-electron chi connectivity index (χ3n) is 6.31. The zero-order valence-corrected chi connectivity index (χ0v) is 17.8. The predicted octanol–water partition coefficient (Wildman–Crippen LogP) is 2.70. The second kappa shape index (κ2) is 10.4. The van der Waals surface area contributed by atoms with Crippen LogP contribution < -0.4 is 16.8 Å². The zero-order chi connectivity index (χ0) is 20.8. The highest BCUT2D eigenvalue weighted by atomic mass is 35.5. The molecule has 1 saturated heterocycles. The monoisotopic (exact) mass is 420 g/mol. The SMILES string of the molecule is NCc1ccc(Cl)cc1CNC(=O)[C@@H]1CCCN1C(=O)[C@H](N)CC1CCCCC1. The minimum absolute atomic E-state index is 0.0846. The Kier molecular flexibility index (Phi) is 7.92. The van der Waals surface area contributed by atoms with Crippen LogP contribution in [0.5, 0.6) is 0 Å². The molecule has 29 heavy (non-hydrogen) atoms. The molecule has 3 rings (SSSR count). The van der Waals surface area contributed by atoms with Gasteiger partial charge in [-0.25, -0.2) is 0 Å². The first-order valence-corrected chi connectivity index (χ1v) is 11.2. The molecule has 2 atom stereocenters. The van der Waals surface area contributed by atoms with Gasteiger partial charge in [-0.3, -0.25) is 9.59 Å². The van der Waals surface area contributed by atoms with Gasteiger partial charge in [0, 0.05) is 24.7 Å². The molecule has 1 saturated carbocycles. The number of nitrogens with two attached hydrogens (primary N) is 2. The third kappa shape index (κ3) is 5.71. The summed E-state index contributed by atoms with van der Waals surface area (Å²) in [5.74, 6) is 0.317. The van der Waals surface area contributed by atoms with Crippen molar-refractivity contribution in [1.29, 1.82) is 0 Å². The number of hydrogen-bond donors (Lipinski definition) is 3. The number of benzene rings is 1. The Labute approximate surface area is 178 Å². The van der Waals surface area contributed by atoms with E-state index in [2.05, 4.69) is 5.32 Å². The molecule has 0 unspecified atom stereocenters. The Morgan fingerprint density at radius 3 is 2.62 bits per heavy atom. The highest BCUT2D eigenvalue weighted by molar-refractivity contribution is 6.30. The van der Waals surface area contributed by atoms with Crippen molar-refractivity contribution in [1.82, 2.24) is 10.2 Å². The van der Waals surface area contributed by atoms with Gasteiger partial charge in [-0.1, -0.05) is 49.8 Å². The van der Waals surface area contributed by atoms with Crippen molar-refractivity contribution in [2.24, 2.45) is 17.4 Å². The molecule has 0 aromatic heterocycles. The summed E-state index contributed by atoms with van der Waals surface area (Å²) in [6.45, 7) is 1.32. The third-order valence-corrected chi connectivity index (χ3v) is 6.54. The van der Waals surface area contributed by atoms with E-state index in [1.165, 1.54) is 19.3 Å². The maximum absolute atomic E-state index is 12.9. The fourth-order valence-electron chi connectivity index (χ4n) is 4.66. The lowest BCUT2D eigenvalue weighted by atomic mass is 9.84. The lowest BCUT2D eigenvalue weighted by Gasteiger charge is -2.29. The molecule has 1 aliphatic heterocycles. The molecular formula is C22H33ClN4O2. The second-order valence-electron chi connectivity index (χ2n) is 8.37. The fourth-order valence-corrected chi connectivity index (χ4v) is 4.85. The minimum atomic E-state index is -0.511. The number of likely N-dealkylation sites (tertiary alicyclic amines) is 1. The average Bonchev–Trinajstić information content (AvgIpc) is 3.22. The first-order valence-electron chi connectivity index (χ1n) is 10.8. The summed E-state index contributed by atoms with van der Waals surface area (Å²) >= 11 is 6.08. The van der Waals surface area contributed by atoms with E-state index >= 15 is 0 Å². The van der Waals surface area contributed by atoms with Gasteiger partial charge in [0.05, 0.1) is 6.04 Å². The summed E-state index contributed by atoms with van der Waals surface area (Å²) in [7, 11) is 0. The topological polar surface area (TPSA) is 101 Å². The lowest BCUT2D eigenvalue weighted by molar-refractivity contribution is -0.139. The summed E-state index contributed by atoms with van der Waals surface area (Å²) in [5, 5.41) is 3.57. The van der Waals surface area contributed by atoms with Gasteiger partial charge in [0.2, 0.25) is 11.8 Å². The number of amides is 2. The quantitative estimate of drug-likeness (QED) is 0.631. The number of carbonyl (C=O) groups is 2. The van der Waals surface area contributed by atoms with Crippen molar-refractivity contribution in [3.8, 4) is 0 Å². The van der Waals surface area contributed by atoms with Gasteiger partial charge >= 0.3 is 0 Å². The molecule has 2 fully saturated rings. The van der Waals surface area contributed by atoms with Crippen molar-refractivity contribution < 1.29 is 9.59 Å². The molecule has 0 spiro atoms. The standard InChI is InChI=1S/C22H33ClN4O2/c23-18-9-8-16(13-24)17(12-18)14-26-21(28)20-7-4-10-27(20)22(29)19(25)11-15-5-2-1-3-6-15/h8-9,12,15,19-20H,1-7,10-11,13-14,24-25H2,(H,26,28)/t19-,20+/m1/s1. The number of nitrogens with one attached hydrogen (secondary N) is 1. The number of rotatable bonds is 7. The van der Waals surface area contributed by atoms with Gasteiger partial charge < -0.3 is 21.7 Å². The van der Waals surface area contributed by atoms with E-state index in [4.69, 9.17) is 23.1 Å². The van der Waals surface area contributed by atoms with Crippen molar-refractivity contribution in [3.63, 3.8) is 0 Å². The van der Waals surface area contributed by atoms with Crippen LogP contribution in [-0.2, 0) is 22.7 Å². The van der Waals surface area contributed by atoms with Gasteiger partial charge in [-0.2, -0.15) is 0 Å². The fraction of sp³-hybridized carbons (Fsp3) is 0.636. The Morgan fingerprint density at radius 2 is 1.90 bits per heavy atom. The van der Waals surface area contributed by atoms with Crippen molar-refractivity contribution >= 4 is 23.4 Å². The van der Waals surface area contributed by atoms with Crippen LogP contribution in [-0.4, -0.2) is 35.3 Å². The van der Waals surface area contributed by atoms with E-state index in [1.54, 1.807) is 11.0 Å². The normalized spacial score (nSPS) is 21.2. The van der Waals surface area contributed by atoms with E-state index in [0.717, 1.165) is 36.8 Å². The predicted molar refractivity (Wildman–Crippen MR) is 115 cm³/mol. The van der Waals surface area contributed by atoms with E-state index in [1.807, 2.05) is 12.1 Å². The number of hydrogen-bond acceptors (Lipinski definition) is 4. The van der Waals surface area contributed by atoms with Crippen LogP contribution in [0.25, 0.3) is 0 Å². The maximum atomic E-state index is 12.9. The molecule has 1 aromatic rings. The van der Waals surface area contributed by atoms with E-state index in [0.29, 0.717) is 37.0 Å². The van der Waals surface area contributed by atoms with Crippen LogP contribution in [0.15, 0.2) is 18.2 Å². The average molecular weight is 421 g/mol. The summed E-state index contributed by atoms with van der Waals surface area (Å²) in [6.07, 6.45) is 8.29. The van der Waals surface area contributed by atoms with Crippen molar-refractivity contribution in [2.45, 2.75) is 76.5 Å². The van der Waals surface area contributed by atoms with E-state index in [-0.39, 0.29) is 11.8 Å². The van der Waals surface area contributed by atoms with Gasteiger partial charge in [-0.15, -0.1) is 0 Å². The van der Waals surface area contributed by atoms with Gasteiger partial charge in [0.1, 0.15) is 6.04 Å². The van der Waals surface area contributed by atoms with Crippen LogP contribution in [0.3, 0.4) is 0 Å². The molecule has 7 heteroatoms. The zero-order valence-electron chi connectivity index (χ0n) is 17.0. The largest absolute Gasteiger partial charge is 0.350 e. The van der Waals surface area contributed by atoms with E-state index < -0.39 is 12.1 Å². The smallest absolute Gasteiger partial charge is 0.243 e. The first kappa shape index (κ1) is 22.1. The van der Waals surface area contributed by atoms with Crippen LogP contribution in [0, 0.1) is 5.92 Å². The van der Waals surface area contributed by atoms with Crippen LogP contribution in [0.4, 0.5) is 0 Å². The summed E-state index contributed by atoms with van der Waals surface area (Å²) < 4.78 is 0. The molecule has 1 aliphatic carbocycles. The summed E-state index contributed by atoms with van der Waals surface area (Å²) in [4.78, 5) is 27.4. The highest BCUT2D eigenvalue weighted by Gasteiger charge is 2.36. The van der Waals surface area contributed by atoms with Crippen LogP contribution in [0.2, 0.25) is 5.02 Å². The molecule has 2 aliphatic rings. The highest BCUT2D eigenvalue weighted by Crippen LogP contribution is 2.28. The van der Waals surface area contributed by atoms with E-state index in [9.17, 15) is 9.59 Å². The van der Waals surface area contributed by atoms with Gasteiger partial charge in [-0.05, 0) is 48.4 Å². The molecule has 0 bridgehead atoms. The number of halogens is 1. The Balaban J connectivity index is 1.57. The molecule has 160 valence electrons.